The van der Waals surface area contributed by atoms with Crippen LogP contribution in [0.5, 0.6) is 0 Å². The van der Waals surface area contributed by atoms with Gasteiger partial charge in [-0.05, 0) is 37.6 Å². The summed E-state index contributed by atoms with van der Waals surface area (Å²) in [6.45, 7) is 9.17. The highest BCUT2D eigenvalue weighted by atomic mass is 16.5. The minimum atomic E-state index is -0.300. The van der Waals surface area contributed by atoms with Crippen LogP contribution in [0.25, 0.3) is 6.08 Å². The maximum atomic E-state index is 12.9. The molecule has 0 radical (unpaired) electrons. The molecule has 0 aliphatic carbocycles. The van der Waals surface area contributed by atoms with Gasteiger partial charge in [-0.2, -0.15) is 0 Å². The molecule has 31 heavy (non-hydrogen) atoms. The molecule has 1 aliphatic heterocycles. The van der Waals surface area contributed by atoms with E-state index in [2.05, 4.69) is 10.6 Å². The van der Waals surface area contributed by atoms with Crippen LogP contribution in [-0.4, -0.2) is 51.2 Å². The minimum Gasteiger partial charge on any atom is -0.370 e. The number of ether oxygens (including phenoxy) is 1. The van der Waals surface area contributed by atoms with Crippen LogP contribution in [0.3, 0.4) is 0 Å². The average Bonchev–Trinajstić information content (AvgIpc) is 2.78. The zero-order valence-electron chi connectivity index (χ0n) is 18.4. The molecule has 6 nitrogen and oxygen atoms in total. The molecule has 1 fully saturated rings. The van der Waals surface area contributed by atoms with Crippen molar-refractivity contribution in [1.29, 1.82) is 0 Å². The summed E-state index contributed by atoms with van der Waals surface area (Å²) in [5.74, 6) is -0.579. The lowest BCUT2D eigenvalue weighted by atomic mass is 10.1. The minimum absolute atomic E-state index is 0.244. The predicted molar refractivity (Wildman–Crippen MR) is 122 cm³/mol. The molecule has 0 spiro atoms. The molecule has 3 rings (SSSR count). The topological polar surface area (TPSA) is 71.9 Å². The van der Waals surface area contributed by atoms with Crippen LogP contribution < -0.4 is 15.5 Å². The lowest BCUT2D eigenvalue weighted by Gasteiger charge is -2.23. The lowest BCUT2D eigenvalue weighted by Crippen LogP contribution is -3.14. The van der Waals surface area contributed by atoms with Crippen LogP contribution in [-0.2, 0) is 9.53 Å². The molecule has 1 saturated heterocycles. The van der Waals surface area contributed by atoms with Crippen molar-refractivity contribution in [2.24, 2.45) is 0 Å². The highest BCUT2D eigenvalue weighted by molar-refractivity contribution is 6.05. The van der Waals surface area contributed by atoms with Crippen molar-refractivity contribution < 1.29 is 19.2 Å². The van der Waals surface area contributed by atoms with Gasteiger partial charge in [-0.3, -0.25) is 9.59 Å². The third kappa shape index (κ3) is 7.35. The van der Waals surface area contributed by atoms with E-state index in [9.17, 15) is 9.59 Å². The van der Waals surface area contributed by atoms with Gasteiger partial charge in [0.15, 0.2) is 0 Å². The maximum absolute atomic E-state index is 12.9. The molecule has 2 aromatic carbocycles. The first-order chi connectivity index (χ1) is 15.0. The van der Waals surface area contributed by atoms with Crippen molar-refractivity contribution in [1.82, 2.24) is 10.6 Å². The fraction of sp³-hybridized carbons (Fsp3) is 0.360. The van der Waals surface area contributed by atoms with Gasteiger partial charge in [0.25, 0.3) is 11.8 Å². The number of carbonyl (C=O) groups excluding carboxylic acids is 2. The van der Waals surface area contributed by atoms with Gasteiger partial charge in [0.1, 0.15) is 18.8 Å². The van der Waals surface area contributed by atoms with E-state index in [1.165, 1.54) is 4.90 Å². The number of aryl methyl sites for hydroxylation is 2. The molecule has 1 heterocycles. The van der Waals surface area contributed by atoms with Crippen LogP contribution >= 0.6 is 0 Å². The molecule has 164 valence electrons. The molecule has 6 heteroatoms. The predicted octanol–water partition coefficient (Wildman–Crippen LogP) is 1.50. The second-order valence-electron chi connectivity index (χ2n) is 8.01. The number of amides is 2. The second-order valence-corrected chi connectivity index (χ2v) is 8.01. The highest BCUT2D eigenvalue weighted by Crippen LogP contribution is 2.09. The van der Waals surface area contributed by atoms with E-state index in [4.69, 9.17) is 4.74 Å². The Labute approximate surface area is 184 Å². The Hall–Kier alpha value is -2.96. The van der Waals surface area contributed by atoms with E-state index in [1.54, 1.807) is 18.2 Å². The van der Waals surface area contributed by atoms with Crippen LogP contribution in [0.2, 0.25) is 0 Å². The fourth-order valence-electron chi connectivity index (χ4n) is 3.43. The molecule has 0 unspecified atom stereocenters. The van der Waals surface area contributed by atoms with Gasteiger partial charge in [0, 0.05) is 18.5 Å². The molecule has 0 saturated carbocycles. The normalized spacial score (nSPS) is 14.8. The van der Waals surface area contributed by atoms with Gasteiger partial charge in [0.2, 0.25) is 0 Å². The van der Waals surface area contributed by atoms with Gasteiger partial charge in [-0.1, -0.05) is 47.5 Å². The Bertz CT molecular complexity index is 899. The first kappa shape index (κ1) is 22.7. The van der Waals surface area contributed by atoms with E-state index in [0.29, 0.717) is 12.1 Å². The number of benzene rings is 2. The van der Waals surface area contributed by atoms with Crippen molar-refractivity contribution in [3.8, 4) is 0 Å². The third-order valence-corrected chi connectivity index (χ3v) is 5.39. The average molecular weight is 423 g/mol. The number of nitrogens with one attached hydrogen (secondary N) is 3. The summed E-state index contributed by atoms with van der Waals surface area (Å²) in [5.41, 5.74) is 3.83. The smallest absolute Gasteiger partial charge is 0.267 e. The van der Waals surface area contributed by atoms with Gasteiger partial charge in [-0.25, -0.2) is 0 Å². The Morgan fingerprint density at radius 2 is 1.58 bits per heavy atom. The number of morpholine rings is 1. The lowest BCUT2D eigenvalue weighted by molar-refractivity contribution is -0.908. The van der Waals surface area contributed by atoms with Crippen LogP contribution in [0, 0.1) is 13.8 Å². The molecule has 3 N–H and O–H groups in total. The molecule has 2 aromatic rings. The van der Waals surface area contributed by atoms with Crippen LogP contribution in [0.4, 0.5) is 0 Å². The molecule has 1 aliphatic rings. The number of hydrogen-bond donors (Lipinski definition) is 3. The zero-order valence-corrected chi connectivity index (χ0v) is 18.4. The summed E-state index contributed by atoms with van der Waals surface area (Å²) < 4.78 is 5.38. The van der Waals surface area contributed by atoms with E-state index >= 15 is 0 Å². The monoisotopic (exact) mass is 422 g/mol. The largest absolute Gasteiger partial charge is 0.370 e. The summed E-state index contributed by atoms with van der Waals surface area (Å²) >= 11 is 0. The molecular formula is C25H32N3O3+. The van der Waals surface area contributed by atoms with Gasteiger partial charge >= 0.3 is 0 Å². The van der Waals surface area contributed by atoms with E-state index in [-0.39, 0.29) is 17.5 Å². The standard InChI is InChI=1S/C25H31N3O3/c1-19-4-8-21(9-5-19)18-23(27-24(29)22-10-6-20(2)7-11-22)25(30)26-12-3-13-28-14-16-31-17-15-28/h4-11,18H,3,12-17H2,1-2H3,(H,26,30)(H,27,29)/p+1/b23-18-. The Morgan fingerprint density at radius 1 is 0.968 bits per heavy atom. The maximum Gasteiger partial charge on any atom is 0.267 e. The summed E-state index contributed by atoms with van der Waals surface area (Å²) in [5, 5.41) is 5.75. The fourth-order valence-corrected chi connectivity index (χ4v) is 3.43. The first-order valence-corrected chi connectivity index (χ1v) is 10.9. The van der Waals surface area contributed by atoms with Crippen molar-refractivity contribution in [3.63, 3.8) is 0 Å². The summed E-state index contributed by atoms with van der Waals surface area (Å²) in [6.07, 6.45) is 2.60. The number of quaternary nitrogens is 1. The van der Waals surface area contributed by atoms with Crippen molar-refractivity contribution >= 4 is 17.9 Å². The number of hydrogen-bond acceptors (Lipinski definition) is 3. The van der Waals surface area contributed by atoms with Crippen molar-refractivity contribution in [3.05, 3.63) is 76.5 Å². The Morgan fingerprint density at radius 3 is 2.23 bits per heavy atom. The number of carbonyl (C=O) groups is 2. The van der Waals surface area contributed by atoms with Gasteiger partial charge in [-0.15, -0.1) is 0 Å². The van der Waals surface area contributed by atoms with E-state index in [1.807, 2.05) is 50.2 Å². The zero-order chi connectivity index (χ0) is 22.1. The number of rotatable bonds is 8. The van der Waals surface area contributed by atoms with Crippen molar-refractivity contribution in [2.45, 2.75) is 20.3 Å². The Kier molecular flexibility index (Phi) is 8.38. The molecule has 2 amide bonds. The summed E-state index contributed by atoms with van der Waals surface area (Å²) in [6, 6.07) is 15.1. The molecule has 0 atom stereocenters. The third-order valence-electron chi connectivity index (χ3n) is 5.39. The summed E-state index contributed by atoms with van der Waals surface area (Å²) in [7, 11) is 0. The first-order valence-electron chi connectivity index (χ1n) is 10.9. The van der Waals surface area contributed by atoms with Gasteiger partial charge in [0.05, 0.1) is 19.8 Å². The van der Waals surface area contributed by atoms with E-state index in [0.717, 1.165) is 56.0 Å². The Balaban J connectivity index is 1.64. The SMILES string of the molecule is Cc1ccc(/C=C(\NC(=O)c2ccc(C)cc2)C(=O)NCCC[NH+]2CCOCC2)cc1. The highest BCUT2D eigenvalue weighted by Gasteiger charge is 2.16. The van der Waals surface area contributed by atoms with Crippen LogP contribution in [0.15, 0.2) is 54.2 Å². The molecule has 0 aromatic heterocycles. The molecular weight excluding hydrogens is 390 g/mol. The van der Waals surface area contributed by atoms with Gasteiger partial charge < -0.3 is 20.3 Å². The van der Waals surface area contributed by atoms with Crippen molar-refractivity contribution in [2.75, 3.05) is 39.4 Å². The molecule has 0 bridgehead atoms. The second kappa shape index (κ2) is 11.4. The quantitative estimate of drug-likeness (QED) is 0.446. The summed E-state index contributed by atoms with van der Waals surface area (Å²) in [4.78, 5) is 27.1. The van der Waals surface area contributed by atoms with Crippen LogP contribution in [0.1, 0.15) is 33.5 Å². The van der Waals surface area contributed by atoms with E-state index < -0.39 is 0 Å².